The fourth-order valence-corrected chi connectivity index (χ4v) is 4.34. The number of nitrogens with one attached hydrogen (secondary N) is 1. The first-order valence-corrected chi connectivity index (χ1v) is 8.94. The van der Waals surface area contributed by atoms with Crippen LogP contribution >= 0.6 is 0 Å². The zero-order valence-corrected chi connectivity index (χ0v) is 13.2. The topological polar surface area (TPSA) is 58.6 Å². The Bertz CT molecular complexity index is 609. The second-order valence-corrected chi connectivity index (χ2v) is 7.91. The molecule has 1 fully saturated rings. The molecule has 1 atom stereocenters. The number of benzene rings is 1. The molecule has 21 heavy (non-hydrogen) atoms. The van der Waals surface area contributed by atoms with Gasteiger partial charge in [0.25, 0.3) is 0 Å². The first-order chi connectivity index (χ1) is 10.1. The summed E-state index contributed by atoms with van der Waals surface area (Å²) in [6.45, 7) is 3.15. The van der Waals surface area contributed by atoms with Crippen LogP contribution in [0.4, 0.5) is 0 Å². The molecule has 0 radical (unpaired) electrons. The molecule has 2 heterocycles. The highest BCUT2D eigenvalue weighted by Gasteiger charge is 2.26. The van der Waals surface area contributed by atoms with Crippen molar-refractivity contribution in [3.8, 4) is 5.75 Å². The van der Waals surface area contributed by atoms with Crippen molar-refractivity contribution in [3.63, 3.8) is 0 Å². The molecule has 1 N–H and O–H groups in total. The molecule has 0 spiro atoms. The number of rotatable bonds is 4. The first-order valence-electron chi connectivity index (χ1n) is 7.50. The zero-order chi connectivity index (χ0) is 14.9. The van der Waals surface area contributed by atoms with Gasteiger partial charge in [-0.2, -0.15) is 0 Å². The molecular weight excluding hydrogens is 288 g/mol. The summed E-state index contributed by atoms with van der Waals surface area (Å²) in [5, 5.41) is 3.33. The summed E-state index contributed by atoms with van der Waals surface area (Å²) < 4.78 is 32.3. The Morgan fingerprint density at radius 3 is 3.05 bits per heavy atom. The van der Waals surface area contributed by atoms with Crippen molar-refractivity contribution in [2.75, 3.05) is 33.3 Å². The lowest BCUT2D eigenvalue weighted by atomic mass is 10.00. The maximum absolute atomic E-state index is 12.7. The van der Waals surface area contributed by atoms with Crippen molar-refractivity contribution < 1.29 is 13.2 Å². The maximum Gasteiger partial charge on any atom is 0.242 e. The van der Waals surface area contributed by atoms with Crippen LogP contribution in [0.15, 0.2) is 23.1 Å². The van der Waals surface area contributed by atoms with Crippen molar-refractivity contribution in [1.29, 1.82) is 0 Å². The summed E-state index contributed by atoms with van der Waals surface area (Å²) in [5.74, 6) is 1.21. The van der Waals surface area contributed by atoms with Gasteiger partial charge in [0, 0.05) is 20.0 Å². The van der Waals surface area contributed by atoms with Crippen LogP contribution in [0.1, 0.15) is 18.4 Å². The minimum absolute atomic E-state index is 0.373. The van der Waals surface area contributed by atoms with Crippen molar-refractivity contribution in [3.05, 3.63) is 23.8 Å². The SMILES string of the molecule is CN(CC1CCCNC1)S(=O)(=O)c1ccc2c(c1)CCO2. The zero-order valence-electron chi connectivity index (χ0n) is 12.3. The van der Waals surface area contributed by atoms with Crippen LogP contribution in [-0.2, 0) is 16.4 Å². The van der Waals surface area contributed by atoms with E-state index in [1.807, 2.05) is 0 Å². The van der Waals surface area contributed by atoms with Crippen LogP contribution in [0.25, 0.3) is 0 Å². The van der Waals surface area contributed by atoms with Gasteiger partial charge in [-0.3, -0.25) is 0 Å². The Morgan fingerprint density at radius 1 is 1.43 bits per heavy atom. The van der Waals surface area contributed by atoms with E-state index in [1.165, 1.54) is 4.31 Å². The van der Waals surface area contributed by atoms with E-state index in [0.717, 1.165) is 43.7 Å². The summed E-state index contributed by atoms with van der Waals surface area (Å²) >= 11 is 0. The van der Waals surface area contributed by atoms with E-state index in [-0.39, 0.29) is 0 Å². The predicted molar refractivity (Wildman–Crippen MR) is 81.1 cm³/mol. The number of nitrogens with zero attached hydrogens (tertiary/aromatic N) is 1. The van der Waals surface area contributed by atoms with E-state index in [1.54, 1.807) is 25.2 Å². The Balaban J connectivity index is 1.75. The number of fused-ring (bicyclic) bond motifs is 1. The Hall–Kier alpha value is -1.11. The smallest absolute Gasteiger partial charge is 0.242 e. The molecule has 0 aliphatic carbocycles. The molecule has 1 aromatic rings. The molecule has 6 heteroatoms. The second kappa shape index (κ2) is 5.94. The van der Waals surface area contributed by atoms with Crippen LogP contribution in [0.2, 0.25) is 0 Å². The van der Waals surface area contributed by atoms with E-state index in [9.17, 15) is 8.42 Å². The van der Waals surface area contributed by atoms with Gasteiger partial charge >= 0.3 is 0 Å². The van der Waals surface area contributed by atoms with Gasteiger partial charge in [0.1, 0.15) is 5.75 Å². The average Bonchev–Trinajstić information content (AvgIpc) is 2.95. The van der Waals surface area contributed by atoms with E-state index in [4.69, 9.17) is 4.74 Å². The molecule has 0 aromatic heterocycles. The van der Waals surface area contributed by atoms with Gasteiger partial charge in [-0.15, -0.1) is 0 Å². The van der Waals surface area contributed by atoms with Gasteiger partial charge in [-0.25, -0.2) is 12.7 Å². The highest BCUT2D eigenvalue weighted by molar-refractivity contribution is 7.89. The normalized spacial score (nSPS) is 22.1. The second-order valence-electron chi connectivity index (χ2n) is 5.87. The fraction of sp³-hybridized carbons (Fsp3) is 0.600. The van der Waals surface area contributed by atoms with Crippen LogP contribution in [-0.4, -0.2) is 46.0 Å². The van der Waals surface area contributed by atoms with Gasteiger partial charge in [0.05, 0.1) is 11.5 Å². The third kappa shape index (κ3) is 3.07. The highest BCUT2D eigenvalue weighted by Crippen LogP contribution is 2.29. The van der Waals surface area contributed by atoms with Crippen molar-refractivity contribution in [1.82, 2.24) is 9.62 Å². The average molecular weight is 310 g/mol. The summed E-state index contributed by atoms with van der Waals surface area (Å²) in [6.07, 6.45) is 2.99. The third-order valence-corrected chi connectivity index (χ3v) is 6.10. The maximum atomic E-state index is 12.7. The summed E-state index contributed by atoms with van der Waals surface area (Å²) in [4.78, 5) is 0.373. The Kier molecular flexibility index (Phi) is 4.19. The van der Waals surface area contributed by atoms with Crippen LogP contribution < -0.4 is 10.1 Å². The summed E-state index contributed by atoms with van der Waals surface area (Å²) in [7, 11) is -1.74. The number of hydrogen-bond acceptors (Lipinski definition) is 4. The number of ether oxygens (including phenoxy) is 1. The van der Waals surface area contributed by atoms with Gasteiger partial charge in [-0.1, -0.05) is 0 Å². The molecule has 2 aliphatic heterocycles. The third-order valence-electron chi connectivity index (χ3n) is 4.28. The monoisotopic (exact) mass is 310 g/mol. The van der Waals surface area contributed by atoms with Crippen LogP contribution in [0, 0.1) is 5.92 Å². The van der Waals surface area contributed by atoms with Gasteiger partial charge in [-0.05, 0) is 55.6 Å². The Labute approximate surface area is 126 Å². The lowest BCUT2D eigenvalue weighted by molar-refractivity contribution is 0.315. The quantitative estimate of drug-likeness (QED) is 0.909. The predicted octanol–water partition coefficient (Wildman–Crippen LogP) is 1.24. The largest absolute Gasteiger partial charge is 0.493 e. The fourth-order valence-electron chi connectivity index (χ4n) is 3.04. The Morgan fingerprint density at radius 2 is 2.29 bits per heavy atom. The van der Waals surface area contributed by atoms with E-state index in [0.29, 0.717) is 24.0 Å². The van der Waals surface area contributed by atoms with Gasteiger partial charge < -0.3 is 10.1 Å². The van der Waals surface area contributed by atoms with Gasteiger partial charge in [0.15, 0.2) is 0 Å². The van der Waals surface area contributed by atoms with E-state index < -0.39 is 10.0 Å². The van der Waals surface area contributed by atoms with Gasteiger partial charge in [0.2, 0.25) is 10.0 Å². The van der Waals surface area contributed by atoms with Crippen molar-refractivity contribution in [2.24, 2.45) is 5.92 Å². The molecule has 116 valence electrons. The molecular formula is C15H22N2O3S. The minimum Gasteiger partial charge on any atom is -0.493 e. The minimum atomic E-state index is -3.41. The summed E-state index contributed by atoms with van der Waals surface area (Å²) in [5.41, 5.74) is 0.990. The molecule has 1 unspecified atom stereocenters. The van der Waals surface area contributed by atoms with Crippen LogP contribution in [0.3, 0.4) is 0 Å². The molecule has 1 aromatic carbocycles. The first kappa shape index (κ1) is 14.8. The number of hydrogen-bond donors (Lipinski definition) is 1. The van der Waals surface area contributed by atoms with Crippen molar-refractivity contribution in [2.45, 2.75) is 24.2 Å². The molecule has 0 amide bonds. The lowest BCUT2D eigenvalue weighted by Crippen LogP contribution is -2.39. The molecule has 1 saturated heterocycles. The van der Waals surface area contributed by atoms with E-state index >= 15 is 0 Å². The highest BCUT2D eigenvalue weighted by atomic mass is 32.2. The number of sulfonamides is 1. The molecule has 5 nitrogen and oxygen atoms in total. The molecule has 0 bridgehead atoms. The van der Waals surface area contributed by atoms with E-state index in [2.05, 4.69) is 5.32 Å². The molecule has 2 aliphatic rings. The molecule has 3 rings (SSSR count). The lowest BCUT2D eigenvalue weighted by Gasteiger charge is -2.27. The molecule has 0 saturated carbocycles. The van der Waals surface area contributed by atoms with Crippen LogP contribution in [0.5, 0.6) is 5.75 Å². The summed E-state index contributed by atoms with van der Waals surface area (Å²) in [6, 6.07) is 5.17. The number of piperidine rings is 1. The standard InChI is InChI=1S/C15H22N2O3S/c1-17(11-12-3-2-7-16-10-12)21(18,19)14-4-5-15-13(9-14)6-8-20-15/h4-5,9,12,16H,2-3,6-8,10-11H2,1H3. The van der Waals surface area contributed by atoms with Crippen molar-refractivity contribution >= 4 is 10.0 Å².